The summed E-state index contributed by atoms with van der Waals surface area (Å²) in [6.07, 6.45) is 0. The number of aliphatic imine (C=N–C) groups is 2. The van der Waals surface area contributed by atoms with Crippen LogP contribution in [0.15, 0.2) is 178 Å². The molecule has 0 fully saturated rings. The van der Waals surface area contributed by atoms with Crippen LogP contribution < -0.4 is 0 Å². The standard InChI is InChI=1S/C38H26F2N2O2S/c39-31-19-11-27(12-20-31)37(41-33-7-3-1-4-8-33)29-15-23-35(24-16-29)45(43,44)36-25-17-30(18-26-36)38(28-13-21-32(40)22-14-28)42-34-9-5-2-6-10-34/h1-26H. The molecule has 0 aliphatic carbocycles. The van der Waals surface area contributed by atoms with Gasteiger partial charge in [-0.1, -0.05) is 60.7 Å². The minimum absolute atomic E-state index is 0.119. The van der Waals surface area contributed by atoms with E-state index in [4.69, 9.17) is 9.98 Å². The van der Waals surface area contributed by atoms with Gasteiger partial charge in [-0.05, 0) is 97.1 Å². The first-order chi connectivity index (χ1) is 21.9. The van der Waals surface area contributed by atoms with Crippen molar-refractivity contribution in [3.8, 4) is 0 Å². The lowest BCUT2D eigenvalue weighted by atomic mass is 10.0. The average molecular weight is 613 g/mol. The van der Waals surface area contributed by atoms with Crippen molar-refractivity contribution in [3.05, 3.63) is 192 Å². The van der Waals surface area contributed by atoms with Crippen molar-refractivity contribution < 1.29 is 17.2 Å². The van der Waals surface area contributed by atoms with Gasteiger partial charge in [-0.3, -0.25) is 0 Å². The smallest absolute Gasteiger partial charge is 0.206 e. The summed E-state index contributed by atoms with van der Waals surface area (Å²) in [5.74, 6) is -0.720. The van der Waals surface area contributed by atoms with Crippen molar-refractivity contribution in [1.82, 2.24) is 0 Å². The van der Waals surface area contributed by atoms with Crippen LogP contribution in [0.4, 0.5) is 20.2 Å². The molecule has 6 aromatic rings. The highest BCUT2D eigenvalue weighted by molar-refractivity contribution is 7.91. The van der Waals surface area contributed by atoms with Crippen molar-refractivity contribution in [2.75, 3.05) is 0 Å². The first-order valence-corrected chi connectivity index (χ1v) is 15.6. The van der Waals surface area contributed by atoms with Crippen LogP contribution >= 0.6 is 0 Å². The molecule has 0 heterocycles. The van der Waals surface area contributed by atoms with E-state index in [9.17, 15) is 17.2 Å². The lowest BCUT2D eigenvalue weighted by Gasteiger charge is -2.11. The van der Waals surface area contributed by atoms with E-state index in [0.29, 0.717) is 45.1 Å². The SMILES string of the molecule is O=S(=O)(c1ccc(C(=Nc2ccccc2)c2ccc(F)cc2)cc1)c1ccc(C(=Nc2ccccc2)c2ccc(F)cc2)cc1. The van der Waals surface area contributed by atoms with Gasteiger partial charge in [-0.2, -0.15) is 0 Å². The van der Waals surface area contributed by atoms with Gasteiger partial charge in [0.25, 0.3) is 0 Å². The topological polar surface area (TPSA) is 58.9 Å². The molecule has 0 saturated carbocycles. The average Bonchev–Trinajstić information content (AvgIpc) is 3.08. The summed E-state index contributed by atoms with van der Waals surface area (Å²) in [5, 5.41) is 0. The van der Waals surface area contributed by atoms with E-state index in [1.54, 1.807) is 72.8 Å². The first-order valence-electron chi connectivity index (χ1n) is 14.1. The van der Waals surface area contributed by atoms with Crippen LogP contribution in [0.2, 0.25) is 0 Å². The molecular formula is C38H26F2N2O2S. The number of benzene rings is 6. The van der Waals surface area contributed by atoms with Crippen molar-refractivity contribution in [2.24, 2.45) is 9.98 Å². The van der Waals surface area contributed by atoms with Crippen LogP contribution in [-0.2, 0) is 9.84 Å². The lowest BCUT2D eigenvalue weighted by Crippen LogP contribution is -2.07. The number of hydrogen-bond donors (Lipinski definition) is 0. The summed E-state index contributed by atoms with van der Waals surface area (Å²) in [4.78, 5) is 9.79. The molecule has 0 unspecified atom stereocenters. The van der Waals surface area contributed by atoms with Crippen molar-refractivity contribution in [1.29, 1.82) is 0 Å². The van der Waals surface area contributed by atoms with Crippen LogP contribution in [0.25, 0.3) is 0 Å². The third-order valence-electron chi connectivity index (χ3n) is 7.11. The lowest BCUT2D eigenvalue weighted by molar-refractivity contribution is 0.596. The summed E-state index contributed by atoms with van der Waals surface area (Å²) >= 11 is 0. The second kappa shape index (κ2) is 13.0. The van der Waals surface area contributed by atoms with Gasteiger partial charge in [0.1, 0.15) is 11.6 Å². The number of rotatable bonds is 8. The maximum atomic E-state index is 13.7. The van der Waals surface area contributed by atoms with Crippen molar-refractivity contribution >= 4 is 32.6 Å². The molecule has 45 heavy (non-hydrogen) atoms. The number of hydrogen-bond acceptors (Lipinski definition) is 4. The largest absolute Gasteiger partial charge is 0.248 e. The molecule has 0 atom stereocenters. The van der Waals surface area contributed by atoms with Gasteiger partial charge in [-0.15, -0.1) is 0 Å². The fourth-order valence-corrected chi connectivity index (χ4v) is 6.05. The van der Waals surface area contributed by atoms with Gasteiger partial charge >= 0.3 is 0 Å². The summed E-state index contributed by atoms with van der Waals surface area (Å²) in [5.41, 5.74) is 5.35. The molecule has 0 aromatic heterocycles. The number of para-hydroxylation sites is 2. The molecule has 0 aliphatic heterocycles. The Labute approximate surface area is 260 Å². The van der Waals surface area contributed by atoms with Crippen LogP contribution in [-0.4, -0.2) is 19.8 Å². The maximum Gasteiger partial charge on any atom is 0.206 e. The zero-order chi connectivity index (χ0) is 31.2. The third-order valence-corrected chi connectivity index (χ3v) is 8.89. The summed E-state index contributed by atoms with van der Waals surface area (Å²) in [6.45, 7) is 0. The maximum absolute atomic E-state index is 13.7. The Morgan fingerprint density at radius 1 is 0.400 bits per heavy atom. The van der Waals surface area contributed by atoms with Crippen molar-refractivity contribution in [2.45, 2.75) is 9.79 Å². The van der Waals surface area contributed by atoms with E-state index in [-0.39, 0.29) is 21.4 Å². The van der Waals surface area contributed by atoms with Gasteiger partial charge in [0.2, 0.25) is 9.84 Å². The second-order valence-corrected chi connectivity index (χ2v) is 12.1. The van der Waals surface area contributed by atoms with Gasteiger partial charge in [0.05, 0.1) is 32.6 Å². The molecule has 0 radical (unpaired) electrons. The Morgan fingerprint density at radius 2 is 0.689 bits per heavy atom. The Morgan fingerprint density at radius 3 is 1.00 bits per heavy atom. The highest BCUT2D eigenvalue weighted by Crippen LogP contribution is 2.26. The molecule has 4 nitrogen and oxygen atoms in total. The van der Waals surface area contributed by atoms with Crippen LogP contribution in [0.1, 0.15) is 22.3 Å². The van der Waals surface area contributed by atoms with Crippen LogP contribution in [0, 0.1) is 11.6 Å². The second-order valence-electron chi connectivity index (χ2n) is 10.2. The molecule has 220 valence electrons. The van der Waals surface area contributed by atoms with Crippen LogP contribution in [0.3, 0.4) is 0 Å². The van der Waals surface area contributed by atoms with E-state index >= 15 is 0 Å². The van der Waals surface area contributed by atoms with Gasteiger partial charge in [0, 0.05) is 22.3 Å². The minimum Gasteiger partial charge on any atom is -0.248 e. The van der Waals surface area contributed by atoms with Gasteiger partial charge in [-0.25, -0.2) is 27.2 Å². The Kier molecular flexibility index (Phi) is 8.53. The van der Waals surface area contributed by atoms with E-state index in [1.807, 2.05) is 60.7 Å². The number of nitrogens with zero attached hydrogens (tertiary/aromatic N) is 2. The van der Waals surface area contributed by atoms with Crippen LogP contribution in [0.5, 0.6) is 0 Å². The fourth-order valence-electron chi connectivity index (χ4n) is 4.79. The van der Waals surface area contributed by atoms with E-state index in [1.165, 1.54) is 24.3 Å². The molecular weight excluding hydrogens is 586 g/mol. The molecule has 6 aromatic carbocycles. The van der Waals surface area contributed by atoms with E-state index in [0.717, 1.165) is 0 Å². The Balaban J connectivity index is 1.32. The first kappa shape index (κ1) is 29.5. The molecule has 0 spiro atoms. The monoisotopic (exact) mass is 612 g/mol. The predicted octanol–water partition coefficient (Wildman–Crippen LogP) is 9.14. The quantitative estimate of drug-likeness (QED) is 0.161. The summed E-state index contributed by atoms with van der Waals surface area (Å²) in [7, 11) is -3.86. The molecule has 6 rings (SSSR count). The molecule has 0 N–H and O–H groups in total. The highest BCUT2D eigenvalue weighted by atomic mass is 32.2. The van der Waals surface area contributed by atoms with Crippen molar-refractivity contribution in [3.63, 3.8) is 0 Å². The normalized spacial score (nSPS) is 12.2. The van der Waals surface area contributed by atoms with E-state index < -0.39 is 9.84 Å². The molecule has 0 aliphatic rings. The molecule has 7 heteroatoms. The zero-order valence-electron chi connectivity index (χ0n) is 23.9. The molecule has 0 saturated heterocycles. The highest BCUT2D eigenvalue weighted by Gasteiger charge is 2.19. The molecule has 0 amide bonds. The summed E-state index contributed by atoms with van der Waals surface area (Å²) in [6, 6.07) is 43.7. The Hall–Kier alpha value is -5.53. The minimum atomic E-state index is -3.86. The number of halogens is 2. The zero-order valence-corrected chi connectivity index (χ0v) is 24.7. The van der Waals surface area contributed by atoms with E-state index in [2.05, 4.69) is 0 Å². The molecule has 0 bridgehead atoms. The predicted molar refractivity (Wildman–Crippen MR) is 175 cm³/mol. The van der Waals surface area contributed by atoms with Gasteiger partial charge in [0.15, 0.2) is 0 Å². The fraction of sp³-hybridized carbons (Fsp3) is 0. The Bertz CT molecular complexity index is 1930. The third kappa shape index (κ3) is 6.84. The number of sulfone groups is 1. The van der Waals surface area contributed by atoms with Gasteiger partial charge < -0.3 is 0 Å². The summed E-state index contributed by atoms with van der Waals surface area (Å²) < 4.78 is 54.6.